The second-order valence-corrected chi connectivity index (χ2v) is 7.23. The lowest BCUT2D eigenvalue weighted by Crippen LogP contribution is -1.90. The van der Waals surface area contributed by atoms with E-state index in [4.69, 9.17) is 10.2 Å². The summed E-state index contributed by atoms with van der Waals surface area (Å²) in [6.45, 7) is 15.9. The summed E-state index contributed by atoms with van der Waals surface area (Å²) in [5.74, 6) is 0.891. The highest BCUT2D eigenvalue weighted by Gasteiger charge is 2.06. The number of hydrogen-bond donors (Lipinski definition) is 1. The Bertz CT molecular complexity index is 997. The summed E-state index contributed by atoms with van der Waals surface area (Å²) in [7, 11) is 0. The van der Waals surface area contributed by atoms with Crippen LogP contribution >= 0.6 is 0 Å². The molecule has 0 aliphatic heterocycles. The predicted octanol–water partition coefficient (Wildman–Crippen LogP) is 8.38. The Balaban J connectivity index is 0.000000329. The molecule has 0 fully saturated rings. The van der Waals surface area contributed by atoms with Crippen LogP contribution in [0.3, 0.4) is 0 Å². The van der Waals surface area contributed by atoms with E-state index in [2.05, 4.69) is 30.6 Å². The first kappa shape index (κ1) is 25.7. The van der Waals surface area contributed by atoms with Gasteiger partial charge < -0.3 is 10.2 Å². The highest BCUT2D eigenvalue weighted by molar-refractivity contribution is 5.97. The van der Waals surface area contributed by atoms with E-state index in [0.29, 0.717) is 0 Å². The smallest absolute Gasteiger partial charge is 0.134 e. The lowest BCUT2D eigenvalue weighted by atomic mass is 10.1. The van der Waals surface area contributed by atoms with E-state index in [0.717, 1.165) is 45.7 Å². The Kier molecular flexibility index (Phi) is 11.5. The second kappa shape index (κ2) is 13.8. The topological polar surface area (TPSA) is 51.5 Å². The minimum absolute atomic E-state index is 0.838. The van der Waals surface area contributed by atoms with Crippen LogP contribution in [0.25, 0.3) is 16.5 Å². The van der Waals surface area contributed by atoms with E-state index in [1.54, 1.807) is 0 Å². The molecule has 0 radical (unpaired) electrons. The maximum atomic E-state index is 5.85. The summed E-state index contributed by atoms with van der Waals surface area (Å²) in [5, 5.41) is 1.12. The first-order valence-electron chi connectivity index (χ1n) is 10.6. The van der Waals surface area contributed by atoms with Crippen molar-refractivity contribution in [2.24, 2.45) is 4.99 Å². The standard InChI is InChI=1S/C17H19NO.C7H9N.C4H8/c1-5-14(11-18-13(4)12(2)3)17-10-15-8-6-7-9-16(15)19-17;1-6-3-2-4-7(8)5-6;1-3-4-2/h6-11H,2,5H2,1,3-4H3;2-5H,8H2,1H3;3-4H,1-2H3/b14-11+,18-13?;;4-3-. The summed E-state index contributed by atoms with van der Waals surface area (Å²) in [6.07, 6.45) is 6.76. The second-order valence-electron chi connectivity index (χ2n) is 7.23. The van der Waals surface area contributed by atoms with Gasteiger partial charge in [0.15, 0.2) is 0 Å². The molecule has 0 saturated heterocycles. The maximum absolute atomic E-state index is 5.85. The number of benzene rings is 2. The van der Waals surface area contributed by atoms with Gasteiger partial charge in [0.25, 0.3) is 0 Å². The zero-order valence-electron chi connectivity index (χ0n) is 19.8. The molecule has 31 heavy (non-hydrogen) atoms. The van der Waals surface area contributed by atoms with E-state index in [9.17, 15) is 0 Å². The number of allylic oxidation sites excluding steroid dienone is 4. The van der Waals surface area contributed by atoms with E-state index in [1.165, 1.54) is 5.56 Å². The fourth-order valence-electron chi connectivity index (χ4n) is 2.42. The van der Waals surface area contributed by atoms with Gasteiger partial charge in [-0.15, -0.1) is 0 Å². The Labute approximate surface area is 187 Å². The minimum Gasteiger partial charge on any atom is -0.456 e. The quantitative estimate of drug-likeness (QED) is 0.264. The minimum atomic E-state index is 0.838. The molecule has 1 aromatic heterocycles. The number of aryl methyl sites for hydroxylation is 1. The van der Waals surface area contributed by atoms with E-state index in [1.807, 2.05) is 95.4 Å². The molecule has 1 heterocycles. The molecule has 164 valence electrons. The molecule has 0 aliphatic rings. The van der Waals surface area contributed by atoms with Crippen LogP contribution in [0.2, 0.25) is 0 Å². The number of furan rings is 1. The van der Waals surface area contributed by atoms with Gasteiger partial charge >= 0.3 is 0 Å². The van der Waals surface area contributed by atoms with Crippen LogP contribution in [0.15, 0.2) is 94.5 Å². The van der Waals surface area contributed by atoms with Crippen LogP contribution in [-0.4, -0.2) is 5.71 Å². The van der Waals surface area contributed by atoms with Crippen molar-refractivity contribution in [1.29, 1.82) is 0 Å². The van der Waals surface area contributed by atoms with Gasteiger partial charge in [-0.25, -0.2) is 0 Å². The van der Waals surface area contributed by atoms with Gasteiger partial charge in [-0.05, 0) is 76.4 Å². The maximum Gasteiger partial charge on any atom is 0.134 e. The van der Waals surface area contributed by atoms with E-state index >= 15 is 0 Å². The van der Waals surface area contributed by atoms with Gasteiger partial charge in [0.2, 0.25) is 0 Å². The summed E-state index contributed by atoms with van der Waals surface area (Å²) in [4.78, 5) is 4.44. The van der Waals surface area contributed by atoms with Crippen LogP contribution in [0.5, 0.6) is 0 Å². The largest absolute Gasteiger partial charge is 0.456 e. The fourth-order valence-corrected chi connectivity index (χ4v) is 2.42. The van der Waals surface area contributed by atoms with Crippen LogP contribution in [0.1, 0.15) is 52.4 Å². The monoisotopic (exact) mass is 416 g/mol. The van der Waals surface area contributed by atoms with Crippen LogP contribution in [-0.2, 0) is 0 Å². The lowest BCUT2D eigenvalue weighted by molar-refractivity contribution is 0.597. The molecule has 0 spiro atoms. The number of rotatable bonds is 4. The van der Waals surface area contributed by atoms with Gasteiger partial charge in [0.1, 0.15) is 11.3 Å². The van der Waals surface area contributed by atoms with Crippen molar-refractivity contribution < 1.29 is 4.42 Å². The Morgan fingerprint density at radius 3 is 2.19 bits per heavy atom. The van der Waals surface area contributed by atoms with Gasteiger partial charge in [-0.2, -0.15) is 0 Å². The number of aliphatic imine (C=N–C) groups is 1. The first-order chi connectivity index (χ1) is 14.8. The molecule has 0 unspecified atom stereocenters. The fraction of sp³-hybridized carbons (Fsp3) is 0.250. The SMILES string of the molecule is C/C=C\C.C=C(C)C(C)=N/C=C(\CC)c1cc2ccccc2o1.Cc1cccc(N)c1. The number of nitrogens with two attached hydrogens (primary N) is 1. The third-order valence-corrected chi connectivity index (χ3v) is 4.53. The summed E-state index contributed by atoms with van der Waals surface area (Å²) in [5.41, 5.74) is 11.4. The Morgan fingerprint density at radius 2 is 1.71 bits per heavy atom. The zero-order valence-corrected chi connectivity index (χ0v) is 19.8. The molecule has 2 aromatic carbocycles. The number of nitrogen functional groups attached to an aromatic ring is 1. The summed E-state index contributed by atoms with van der Waals surface area (Å²) in [6, 6.07) is 17.9. The molecule has 0 atom stereocenters. The highest BCUT2D eigenvalue weighted by Crippen LogP contribution is 2.26. The third-order valence-electron chi connectivity index (χ3n) is 4.53. The number of nitrogens with zero attached hydrogens (tertiary/aromatic N) is 1. The molecular formula is C28H36N2O. The Hall–Kier alpha value is -3.33. The number of para-hydroxylation sites is 1. The molecule has 3 aromatic rings. The number of anilines is 1. The average Bonchev–Trinajstić information content (AvgIpc) is 3.18. The van der Waals surface area contributed by atoms with E-state index < -0.39 is 0 Å². The van der Waals surface area contributed by atoms with Crippen molar-refractivity contribution in [3.05, 3.63) is 96.4 Å². The highest BCUT2D eigenvalue weighted by atomic mass is 16.3. The predicted molar refractivity (Wildman–Crippen MR) is 138 cm³/mol. The zero-order chi connectivity index (χ0) is 23.2. The molecule has 0 amide bonds. The van der Waals surface area contributed by atoms with Gasteiger partial charge in [-0.1, -0.05) is 56.0 Å². The average molecular weight is 417 g/mol. The van der Waals surface area contributed by atoms with Crippen molar-refractivity contribution >= 4 is 27.9 Å². The molecule has 0 aliphatic carbocycles. The normalized spacial score (nSPS) is 11.5. The third kappa shape index (κ3) is 9.35. The molecule has 2 N–H and O–H groups in total. The molecule has 3 rings (SSSR count). The summed E-state index contributed by atoms with van der Waals surface area (Å²) >= 11 is 0. The van der Waals surface area contributed by atoms with Gasteiger partial charge in [-0.3, -0.25) is 4.99 Å². The number of hydrogen-bond acceptors (Lipinski definition) is 3. The molecule has 0 bridgehead atoms. The van der Waals surface area contributed by atoms with Crippen molar-refractivity contribution in [2.45, 2.75) is 48.0 Å². The van der Waals surface area contributed by atoms with Gasteiger partial charge in [0, 0.05) is 28.6 Å². The van der Waals surface area contributed by atoms with Crippen LogP contribution in [0.4, 0.5) is 5.69 Å². The lowest BCUT2D eigenvalue weighted by Gasteiger charge is -1.99. The molecule has 3 heteroatoms. The van der Waals surface area contributed by atoms with Crippen molar-refractivity contribution in [3.63, 3.8) is 0 Å². The van der Waals surface area contributed by atoms with Crippen molar-refractivity contribution in [1.82, 2.24) is 0 Å². The van der Waals surface area contributed by atoms with Crippen LogP contribution < -0.4 is 5.73 Å². The van der Waals surface area contributed by atoms with Crippen molar-refractivity contribution in [3.8, 4) is 0 Å². The molecular weight excluding hydrogens is 380 g/mol. The molecule has 3 nitrogen and oxygen atoms in total. The van der Waals surface area contributed by atoms with E-state index in [-0.39, 0.29) is 0 Å². The van der Waals surface area contributed by atoms with Gasteiger partial charge in [0.05, 0.1) is 0 Å². The summed E-state index contributed by atoms with van der Waals surface area (Å²) < 4.78 is 5.85. The first-order valence-corrected chi connectivity index (χ1v) is 10.6. The molecule has 0 saturated carbocycles. The van der Waals surface area contributed by atoms with Crippen molar-refractivity contribution in [2.75, 3.05) is 5.73 Å². The number of fused-ring (bicyclic) bond motifs is 1. The Morgan fingerprint density at radius 1 is 1.03 bits per heavy atom. The van der Waals surface area contributed by atoms with Crippen LogP contribution in [0, 0.1) is 6.92 Å².